The minimum atomic E-state index is 0.0919. The maximum Gasteiger partial charge on any atom is 0.259 e. The Bertz CT molecular complexity index is 967. The summed E-state index contributed by atoms with van der Waals surface area (Å²) in [6, 6.07) is 10.6. The van der Waals surface area contributed by atoms with Crippen molar-refractivity contribution in [3.63, 3.8) is 0 Å². The molecule has 2 aromatic heterocycles. The number of pyridine rings is 1. The number of hydrogen-bond acceptors (Lipinski definition) is 4. The van der Waals surface area contributed by atoms with Crippen LogP contribution in [-0.2, 0) is 13.6 Å². The molecule has 0 unspecified atom stereocenters. The summed E-state index contributed by atoms with van der Waals surface area (Å²) in [6.45, 7) is 7.25. The number of aromatic nitrogens is 1. The molecule has 1 N–H and O–H groups in total. The second-order valence-corrected chi connectivity index (χ2v) is 7.95. The van der Waals surface area contributed by atoms with E-state index in [0.29, 0.717) is 0 Å². The highest BCUT2D eigenvalue weighted by Gasteiger charge is 2.16. The van der Waals surface area contributed by atoms with E-state index < -0.39 is 0 Å². The monoisotopic (exact) mass is 353 g/mol. The molecule has 1 saturated heterocycles. The molecule has 0 bridgehead atoms. The zero-order valence-electron chi connectivity index (χ0n) is 14.7. The van der Waals surface area contributed by atoms with E-state index in [1.54, 1.807) is 15.9 Å². The second-order valence-electron chi connectivity index (χ2n) is 6.81. The molecule has 1 aromatic carbocycles. The summed E-state index contributed by atoms with van der Waals surface area (Å²) in [4.78, 5) is 16.4. The molecular weight excluding hydrogens is 330 g/mol. The van der Waals surface area contributed by atoms with Gasteiger partial charge in [-0.25, -0.2) is 0 Å². The molecule has 3 aromatic rings. The summed E-state index contributed by atoms with van der Waals surface area (Å²) in [7, 11) is 1.84. The third-order valence-electron chi connectivity index (χ3n) is 4.82. The number of thiophene rings is 1. The molecule has 1 fully saturated rings. The first kappa shape index (κ1) is 16.5. The van der Waals surface area contributed by atoms with Crippen LogP contribution in [0.5, 0.6) is 0 Å². The van der Waals surface area contributed by atoms with Gasteiger partial charge < -0.3 is 9.88 Å². The Balaban J connectivity index is 1.80. The summed E-state index contributed by atoms with van der Waals surface area (Å²) < 4.78 is 2.82. The third kappa shape index (κ3) is 3.27. The van der Waals surface area contributed by atoms with Crippen LogP contribution >= 0.6 is 11.3 Å². The Morgan fingerprint density at radius 2 is 2.00 bits per heavy atom. The predicted molar refractivity (Wildman–Crippen MR) is 105 cm³/mol. The highest BCUT2D eigenvalue weighted by molar-refractivity contribution is 7.19. The summed E-state index contributed by atoms with van der Waals surface area (Å²) in [6.07, 6.45) is 1.98. The van der Waals surface area contributed by atoms with Crippen molar-refractivity contribution in [2.75, 3.05) is 26.2 Å². The normalized spacial score (nSPS) is 15.8. The lowest BCUT2D eigenvalue weighted by molar-refractivity contribution is 0.235. The van der Waals surface area contributed by atoms with Crippen molar-refractivity contribution in [1.82, 2.24) is 14.8 Å². The molecule has 1 aliphatic rings. The van der Waals surface area contributed by atoms with Gasteiger partial charge in [-0.15, -0.1) is 11.3 Å². The van der Waals surface area contributed by atoms with Crippen LogP contribution in [0.2, 0.25) is 0 Å². The zero-order chi connectivity index (χ0) is 17.4. The minimum absolute atomic E-state index is 0.0919. The van der Waals surface area contributed by atoms with E-state index in [4.69, 9.17) is 0 Å². The number of nitrogens with zero attached hydrogens (tertiary/aromatic N) is 2. The predicted octanol–water partition coefficient (Wildman–Crippen LogP) is 2.98. The van der Waals surface area contributed by atoms with Gasteiger partial charge in [-0.05, 0) is 18.6 Å². The van der Waals surface area contributed by atoms with E-state index in [9.17, 15) is 4.79 Å². The zero-order valence-corrected chi connectivity index (χ0v) is 15.5. The van der Waals surface area contributed by atoms with E-state index in [2.05, 4.69) is 47.5 Å². The second kappa shape index (κ2) is 6.75. The molecule has 0 amide bonds. The molecule has 0 atom stereocenters. The molecule has 0 radical (unpaired) electrons. The van der Waals surface area contributed by atoms with Crippen LogP contribution in [0.1, 0.15) is 10.4 Å². The molecule has 0 aliphatic carbocycles. The van der Waals surface area contributed by atoms with Gasteiger partial charge in [-0.2, -0.15) is 0 Å². The van der Waals surface area contributed by atoms with Gasteiger partial charge in [-0.3, -0.25) is 9.69 Å². The van der Waals surface area contributed by atoms with E-state index in [-0.39, 0.29) is 5.56 Å². The van der Waals surface area contributed by atoms with Crippen molar-refractivity contribution in [3.05, 3.63) is 57.3 Å². The lowest BCUT2D eigenvalue weighted by Gasteiger charge is -2.26. The smallest absolute Gasteiger partial charge is 0.259 e. The number of nitrogens with one attached hydrogen (secondary N) is 1. The van der Waals surface area contributed by atoms with Crippen molar-refractivity contribution < 1.29 is 0 Å². The maximum atomic E-state index is 12.6. The summed E-state index contributed by atoms with van der Waals surface area (Å²) in [5.74, 6) is 0. The van der Waals surface area contributed by atoms with Gasteiger partial charge in [0.2, 0.25) is 0 Å². The maximum absolute atomic E-state index is 12.6. The Morgan fingerprint density at radius 1 is 1.20 bits per heavy atom. The molecule has 4 rings (SSSR count). The first-order chi connectivity index (χ1) is 12.1. The number of benzene rings is 1. The van der Waals surface area contributed by atoms with Crippen LogP contribution in [-0.4, -0.2) is 35.6 Å². The molecule has 130 valence electrons. The van der Waals surface area contributed by atoms with Gasteiger partial charge in [0.15, 0.2) is 0 Å². The topological polar surface area (TPSA) is 37.3 Å². The van der Waals surface area contributed by atoms with Gasteiger partial charge in [-0.1, -0.05) is 29.8 Å². The van der Waals surface area contributed by atoms with Crippen molar-refractivity contribution in [3.8, 4) is 11.1 Å². The molecule has 25 heavy (non-hydrogen) atoms. The van der Waals surface area contributed by atoms with E-state index in [1.807, 2.05) is 13.2 Å². The fraction of sp³-hybridized carbons (Fsp3) is 0.350. The Kier molecular flexibility index (Phi) is 4.46. The minimum Gasteiger partial charge on any atom is -0.317 e. The van der Waals surface area contributed by atoms with Crippen molar-refractivity contribution >= 4 is 21.4 Å². The van der Waals surface area contributed by atoms with Crippen molar-refractivity contribution in [2.24, 2.45) is 7.05 Å². The molecule has 1 aliphatic heterocycles. The van der Waals surface area contributed by atoms with E-state index in [0.717, 1.165) is 48.4 Å². The van der Waals surface area contributed by atoms with Gasteiger partial charge in [0.05, 0.1) is 5.39 Å². The van der Waals surface area contributed by atoms with Crippen LogP contribution in [0.4, 0.5) is 0 Å². The molecule has 0 saturated carbocycles. The lowest BCUT2D eigenvalue weighted by Crippen LogP contribution is -2.42. The van der Waals surface area contributed by atoms with E-state index >= 15 is 0 Å². The SMILES string of the molecule is Cc1cccc(-c2cn(C)c(=O)c3cc(CN4CCNCC4)sc23)c1. The Labute approximate surface area is 151 Å². The Hall–Kier alpha value is -1.95. The largest absolute Gasteiger partial charge is 0.317 e. The first-order valence-corrected chi connectivity index (χ1v) is 9.55. The van der Waals surface area contributed by atoms with Crippen molar-refractivity contribution in [2.45, 2.75) is 13.5 Å². The number of hydrogen-bond donors (Lipinski definition) is 1. The molecular formula is C20H23N3OS. The van der Waals surface area contributed by atoms with Crippen LogP contribution in [0, 0.1) is 6.92 Å². The van der Waals surface area contributed by atoms with Gasteiger partial charge in [0, 0.05) is 61.1 Å². The van der Waals surface area contributed by atoms with Crippen LogP contribution in [0.15, 0.2) is 41.3 Å². The molecule has 3 heterocycles. The lowest BCUT2D eigenvalue weighted by atomic mass is 10.0. The number of fused-ring (bicyclic) bond motifs is 1. The third-order valence-corrected chi connectivity index (χ3v) is 5.97. The standard InChI is InChI=1S/C20H23N3OS/c1-14-4-3-5-15(10-14)18-13-22(2)20(24)17-11-16(25-19(17)18)12-23-8-6-21-7-9-23/h3-5,10-11,13,21H,6-9,12H2,1-2H3. The fourth-order valence-electron chi connectivity index (χ4n) is 3.49. The average molecular weight is 353 g/mol. The fourth-order valence-corrected chi connectivity index (χ4v) is 4.71. The average Bonchev–Trinajstić information content (AvgIpc) is 3.03. The number of aryl methyl sites for hydroxylation is 2. The quantitative estimate of drug-likeness (QED) is 0.787. The summed E-state index contributed by atoms with van der Waals surface area (Å²) >= 11 is 1.77. The highest BCUT2D eigenvalue weighted by Crippen LogP contribution is 2.34. The molecule has 5 heteroatoms. The molecule has 0 spiro atoms. The molecule has 4 nitrogen and oxygen atoms in total. The number of rotatable bonds is 3. The first-order valence-electron chi connectivity index (χ1n) is 8.74. The van der Waals surface area contributed by atoms with Crippen LogP contribution in [0.3, 0.4) is 0 Å². The van der Waals surface area contributed by atoms with Crippen LogP contribution in [0.25, 0.3) is 21.2 Å². The van der Waals surface area contributed by atoms with Gasteiger partial charge in [0.25, 0.3) is 5.56 Å². The van der Waals surface area contributed by atoms with Gasteiger partial charge >= 0.3 is 0 Å². The highest BCUT2D eigenvalue weighted by atomic mass is 32.1. The Morgan fingerprint density at radius 3 is 2.76 bits per heavy atom. The van der Waals surface area contributed by atoms with Gasteiger partial charge in [0.1, 0.15) is 0 Å². The number of piperazine rings is 1. The van der Waals surface area contributed by atoms with E-state index in [1.165, 1.54) is 16.0 Å². The summed E-state index contributed by atoms with van der Waals surface area (Å²) in [5.41, 5.74) is 3.65. The van der Waals surface area contributed by atoms with Crippen LogP contribution < -0.4 is 10.9 Å². The summed E-state index contributed by atoms with van der Waals surface area (Å²) in [5, 5.41) is 4.23. The van der Waals surface area contributed by atoms with Crippen molar-refractivity contribution in [1.29, 1.82) is 0 Å².